The first-order valence-corrected chi connectivity index (χ1v) is 5.79. The minimum atomic E-state index is -0.0865. The number of rotatable bonds is 4. The fraction of sp³-hybridized carbons (Fsp3) is 0.417. The van der Waals surface area contributed by atoms with Gasteiger partial charge in [-0.15, -0.1) is 11.6 Å². The number of hydrogen-bond donors (Lipinski definition) is 1. The highest BCUT2D eigenvalue weighted by Gasteiger charge is 2.16. The summed E-state index contributed by atoms with van der Waals surface area (Å²) in [4.78, 5) is 13.8. The monoisotopic (exact) mass is 241 g/mol. The predicted molar refractivity (Wildman–Crippen MR) is 65.1 cm³/mol. The fourth-order valence-electron chi connectivity index (χ4n) is 1.53. The van der Waals surface area contributed by atoms with Crippen molar-refractivity contribution in [1.82, 2.24) is 4.90 Å². The van der Waals surface area contributed by atoms with Crippen LogP contribution < -0.4 is 0 Å². The van der Waals surface area contributed by atoms with E-state index in [4.69, 9.17) is 11.6 Å². The lowest BCUT2D eigenvalue weighted by Crippen LogP contribution is -2.32. The van der Waals surface area contributed by atoms with Crippen LogP contribution in [0.5, 0.6) is 5.75 Å². The maximum atomic E-state index is 12.1. The van der Waals surface area contributed by atoms with Gasteiger partial charge >= 0.3 is 0 Å². The Hall–Kier alpha value is -1.22. The highest BCUT2D eigenvalue weighted by Crippen LogP contribution is 2.20. The summed E-state index contributed by atoms with van der Waals surface area (Å²) < 4.78 is 0. The zero-order chi connectivity index (χ0) is 12.1. The number of hydrogen-bond acceptors (Lipinski definition) is 2. The molecule has 0 bridgehead atoms. The Labute approximate surface area is 101 Å². The van der Waals surface area contributed by atoms with E-state index >= 15 is 0 Å². The van der Waals surface area contributed by atoms with E-state index in [1.807, 2.05) is 6.92 Å². The van der Waals surface area contributed by atoms with E-state index in [1.165, 1.54) is 0 Å². The lowest BCUT2D eigenvalue weighted by molar-refractivity contribution is 0.0773. The van der Waals surface area contributed by atoms with Crippen LogP contribution in [0.2, 0.25) is 0 Å². The molecular weight excluding hydrogens is 226 g/mol. The summed E-state index contributed by atoms with van der Waals surface area (Å²) in [6.07, 6.45) is 0. The molecule has 4 heteroatoms. The molecule has 0 aromatic heterocycles. The molecule has 16 heavy (non-hydrogen) atoms. The van der Waals surface area contributed by atoms with Gasteiger partial charge in [0, 0.05) is 30.1 Å². The van der Waals surface area contributed by atoms with Gasteiger partial charge in [0.1, 0.15) is 5.75 Å². The third-order valence-electron chi connectivity index (χ3n) is 2.56. The van der Waals surface area contributed by atoms with E-state index in [0.29, 0.717) is 30.1 Å². The van der Waals surface area contributed by atoms with Crippen molar-refractivity contribution in [1.29, 1.82) is 0 Å². The van der Waals surface area contributed by atoms with Gasteiger partial charge in [-0.05, 0) is 26.0 Å². The van der Waals surface area contributed by atoms with Gasteiger partial charge in [0.2, 0.25) is 0 Å². The van der Waals surface area contributed by atoms with Crippen molar-refractivity contribution in [2.24, 2.45) is 0 Å². The number of carbonyl (C=O) groups is 1. The maximum absolute atomic E-state index is 12.1. The van der Waals surface area contributed by atoms with Crippen molar-refractivity contribution >= 4 is 17.5 Å². The van der Waals surface area contributed by atoms with Crippen molar-refractivity contribution in [2.75, 3.05) is 19.0 Å². The molecule has 1 rings (SSSR count). The molecule has 0 aliphatic heterocycles. The number of halogens is 1. The van der Waals surface area contributed by atoms with Crippen LogP contribution in [0.4, 0.5) is 0 Å². The molecule has 0 heterocycles. The van der Waals surface area contributed by atoms with Gasteiger partial charge in [0.05, 0.1) is 0 Å². The Kier molecular flexibility index (Phi) is 4.62. The number of amides is 1. The molecule has 0 fully saturated rings. The second-order valence-electron chi connectivity index (χ2n) is 3.52. The van der Waals surface area contributed by atoms with Gasteiger partial charge in [-0.3, -0.25) is 4.79 Å². The second kappa shape index (κ2) is 5.75. The molecule has 0 unspecified atom stereocenters. The SMILES string of the molecule is CCN(CCCl)C(=O)c1cccc(O)c1C. The topological polar surface area (TPSA) is 40.5 Å². The van der Waals surface area contributed by atoms with Gasteiger partial charge in [0.15, 0.2) is 0 Å². The van der Waals surface area contributed by atoms with Crippen molar-refractivity contribution < 1.29 is 9.90 Å². The number of phenolic OH excluding ortho intramolecular Hbond substituents is 1. The van der Waals surface area contributed by atoms with E-state index < -0.39 is 0 Å². The molecule has 0 saturated heterocycles. The Morgan fingerprint density at radius 1 is 1.50 bits per heavy atom. The van der Waals surface area contributed by atoms with Gasteiger partial charge in [-0.1, -0.05) is 6.07 Å². The van der Waals surface area contributed by atoms with Crippen LogP contribution in [0.1, 0.15) is 22.8 Å². The first kappa shape index (κ1) is 12.8. The summed E-state index contributed by atoms with van der Waals surface area (Å²) in [5.41, 5.74) is 1.15. The van der Waals surface area contributed by atoms with E-state index in [0.717, 1.165) is 0 Å². The lowest BCUT2D eigenvalue weighted by Gasteiger charge is -2.20. The molecule has 0 saturated carbocycles. The van der Waals surface area contributed by atoms with Crippen molar-refractivity contribution in [3.05, 3.63) is 29.3 Å². The average Bonchev–Trinajstić information content (AvgIpc) is 2.29. The maximum Gasteiger partial charge on any atom is 0.254 e. The largest absolute Gasteiger partial charge is 0.508 e. The van der Waals surface area contributed by atoms with Crippen LogP contribution in [0.25, 0.3) is 0 Å². The standard InChI is InChI=1S/C12H16ClNO2/c1-3-14(8-7-13)12(16)10-5-4-6-11(15)9(10)2/h4-6,15H,3,7-8H2,1-2H3. The summed E-state index contributed by atoms with van der Waals surface area (Å²) in [6.45, 7) is 4.77. The quantitative estimate of drug-likeness (QED) is 0.823. The third-order valence-corrected chi connectivity index (χ3v) is 2.73. The number of phenols is 1. The molecule has 88 valence electrons. The average molecular weight is 242 g/mol. The molecule has 0 atom stereocenters. The Balaban J connectivity index is 2.99. The molecule has 3 nitrogen and oxygen atoms in total. The van der Waals surface area contributed by atoms with Crippen LogP contribution in [0.15, 0.2) is 18.2 Å². The summed E-state index contributed by atoms with van der Waals surface area (Å²) in [6, 6.07) is 4.96. The van der Waals surface area contributed by atoms with Gasteiger partial charge < -0.3 is 10.0 Å². The molecular formula is C12H16ClNO2. The zero-order valence-electron chi connectivity index (χ0n) is 9.53. The molecule has 1 N–H and O–H groups in total. The molecule has 1 amide bonds. The number of benzene rings is 1. The highest BCUT2D eigenvalue weighted by atomic mass is 35.5. The Morgan fingerprint density at radius 3 is 2.75 bits per heavy atom. The van der Waals surface area contributed by atoms with Crippen LogP contribution in [-0.4, -0.2) is 34.9 Å². The first-order chi connectivity index (χ1) is 7.61. The smallest absolute Gasteiger partial charge is 0.254 e. The highest BCUT2D eigenvalue weighted by molar-refractivity contribution is 6.18. The van der Waals surface area contributed by atoms with Crippen LogP contribution in [-0.2, 0) is 0 Å². The van der Waals surface area contributed by atoms with Crippen LogP contribution >= 0.6 is 11.6 Å². The van der Waals surface area contributed by atoms with Gasteiger partial charge in [-0.2, -0.15) is 0 Å². The number of alkyl halides is 1. The summed E-state index contributed by atoms with van der Waals surface area (Å²) >= 11 is 5.63. The Morgan fingerprint density at radius 2 is 2.19 bits per heavy atom. The van der Waals surface area contributed by atoms with E-state index in [1.54, 1.807) is 30.0 Å². The second-order valence-corrected chi connectivity index (χ2v) is 3.90. The number of carbonyl (C=O) groups excluding carboxylic acids is 1. The number of nitrogens with zero attached hydrogens (tertiary/aromatic N) is 1. The normalized spacial score (nSPS) is 10.2. The van der Waals surface area contributed by atoms with Gasteiger partial charge in [-0.25, -0.2) is 0 Å². The van der Waals surface area contributed by atoms with Gasteiger partial charge in [0.25, 0.3) is 5.91 Å². The minimum absolute atomic E-state index is 0.0865. The predicted octanol–water partition coefficient (Wildman–Crippen LogP) is 2.40. The molecule has 1 aromatic carbocycles. The molecule has 0 aliphatic carbocycles. The molecule has 0 aliphatic rings. The van der Waals surface area contributed by atoms with Crippen LogP contribution in [0, 0.1) is 6.92 Å². The van der Waals surface area contributed by atoms with Crippen molar-refractivity contribution in [2.45, 2.75) is 13.8 Å². The Bertz CT molecular complexity index is 379. The first-order valence-electron chi connectivity index (χ1n) is 5.25. The van der Waals surface area contributed by atoms with Crippen LogP contribution in [0.3, 0.4) is 0 Å². The molecule has 0 spiro atoms. The summed E-state index contributed by atoms with van der Waals surface area (Å²) in [7, 11) is 0. The third kappa shape index (κ3) is 2.67. The molecule has 0 radical (unpaired) electrons. The number of aromatic hydroxyl groups is 1. The van der Waals surface area contributed by atoms with E-state index in [9.17, 15) is 9.90 Å². The van der Waals surface area contributed by atoms with E-state index in [2.05, 4.69) is 0 Å². The van der Waals surface area contributed by atoms with Crippen molar-refractivity contribution in [3.63, 3.8) is 0 Å². The summed E-state index contributed by atoms with van der Waals surface area (Å²) in [5, 5.41) is 9.54. The molecule has 1 aromatic rings. The summed E-state index contributed by atoms with van der Waals surface area (Å²) in [5.74, 6) is 0.474. The van der Waals surface area contributed by atoms with Crippen molar-refractivity contribution in [3.8, 4) is 5.75 Å². The van der Waals surface area contributed by atoms with E-state index in [-0.39, 0.29) is 11.7 Å². The fourth-order valence-corrected chi connectivity index (χ4v) is 1.73. The zero-order valence-corrected chi connectivity index (χ0v) is 10.3. The minimum Gasteiger partial charge on any atom is -0.508 e. The lowest BCUT2D eigenvalue weighted by atomic mass is 10.1.